The van der Waals surface area contributed by atoms with Gasteiger partial charge >= 0.3 is 0 Å². The molecule has 0 fully saturated rings. The largest absolute Gasteiger partial charge is 0.495 e. The van der Waals surface area contributed by atoms with E-state index in [1.807, 2.05) is 0 Å². The van der Waals surface area contributed by atoms with Crippen molar-refractivity contribution in [2.24, 2.45) is 0 Å². The summed E-state index contributed by atoms with van der Waals surface area (Å²) in [5.74, 6) is -4.34. The highest BCUT2D eigenvalue weighted by atomic mass is 19.2. The summed E-state index contributed by atoms with van der Waals surface area (Å²) in [5, 5.41) is 0. The normalized spacial score (nSPS) is 10.4. The van der Waals surface area contributed by atoms with Gasteiger partial charge in [-0.1, -0.05) is 0 Å². The minimum absolute atomic E-state index is 0.0564. The maximum absolute atomic E-state index is 13.5. The predicted octanol–water partition coefficient (Wildman–Crippen LogP) is 2.93. The van der Waals surface area contributed by atoms with Gasteiger partial charge in [-0.3, -0.25) is 4.79 Å². The molecule has 0 atom stereocenters. The number of halogens is 3. The first-order valence-corrected chi connectivity index (χ1v) is 5.56. The van der Waals surface area contributed by atoms with Crippen molar-refractivity contribution < 1.29 is 22.7 Å². The van der Waals surface area contributed by atoms with Crippen LogP contribution in [0.15, 0.2) is 30.3 Å². The lowest BCUT2D eigenvalue weighted by Gasteiger charge is -2.08. The molecule has 2 N–H and O–H groups in total. The summed E-state index contributed by atoms with van der Waals surface area (Å²) in [7, 11) is 1.36. The van der Waals surface area contributed by atoms with Crippen LogP contribution in [0.3, 0.4) is 0 Å². The van der Waals surface area contributed by atoms with Gasteiger partial charge in [0.25, 0.3) is 0 Å². The topological polar surface area (TPSA) is 52.3 Å². The summed E-state index contributed by atoms with van der Waals surface area (Å²) in [4.78, 5) is 12.1. The van der Waals surface area contributed by atoms with E-state index in [1.165, 1.54) is 25.3 Å². The van der Waals surface area contributed by atoms with E-state index in [1.54, 1.807) is 0 Å². The molecule has 0 radical (unpaired) electrons. The molecule has 0 saturated heterocycles. The average Bonchev–Trinajstić information content (AvgIpc) is 2.42. The Balaban J connectivity index is 2.49. The molecule has 0 heterocycles. The molecule has 3 nitrogen and oxygen atoms in total. The molecular formula is C14H10F3NO2. The zero-order valence-corrected chi connectivity index (χ0v) is 10.4. The van der Waals surface area contributed by atoms with Crippen LogP contribution in [0.25, 0.3) is 0 Å². The summed E-state index contributed by atoms with van der Waals surface area (Å²) < 4.78 is 44.4. The molecule has 0 aromatic heterocycles. The molecule has 6 heteroatoms. The van der Waals surface area contributed by atoms with Crippen molar-refractivity contribution in [3.8, 4) is 5.75 Å². The average molecular weight is 281 g/mol. The first kappa shape index (κ1) is 13.9. The second kappa shape index (κ2) is 5.24. The lowest BCUT2D eigenvalue weighted by atomic mass is 10.0. The molecule has 104 valence electrons. The van der Waals surface area contributed by atoms with Crippen molar-refractivity contribution in [2.75, 3.05) is 12.8 Å². The van der Waals surface area contributed by atoms with Gasteiger partial charge in [-0.05, 0) is 24.3 Å². The number of anilines is 1. The van der Waals surface area contributed by atoms with Crippen molar-refractivity contribution in [1.29, 1.82) is 0 Å². The lowest BCUT2D eigenvalue weighted by Crippen LogP contribution is -2.07. The van der Waals surface area contributed by atoms with E-state index >= 15 is 0 Å². The smallest absolute Gasteiger partial charge is 0.196 e. The quantitative estimate of drug-likeness (QED) is 0.534. The predicted molar refractivity (Wildman–Crippen MR) is 67.2 cm³/mol. The first-order valence-electron chi connectivity index (χ1n) is 5.56. The molecule has 0 aliphatic rings. The third kappa shape index (κ3) is 2.45. The van der Waals surface area contributed by atoms with Crippen LogP contribution in [0.1, 0.15) is 15.9 Å². The molecule has 0 saturated carbocycles. The fourth-order valence-corrected chi connectivity index (χ4v) is 1.70. The number of methoxy groups -OCH3 is 1. The third-order valence-corrected chi connectivity index (χ3v) is 2.75. The van der Waals surface area contributed by atoms with Gasteiger partial charge in [-0.2, -0.15) is 0 Å². The van der Waals surface area contributed by atoms with Crippen LogP contribution in [0.2, 0.25) is 0 Å². The van der Waals surface area contributed by atoms with Crippen LogP contribution in [-0.4, -0.2) is 12.9 Å². The number of nitrogen functional groups attached to an aromatic ring is 1. The monoisotopic (exact) mass is 281 g/mol. The number of carbonyl (C=O) groups excluding carboxylic acids is 1. The number of hydrogen-bond donors (Lipinski definition) is 1. The Kier molecular flexibility index (Phi) is 3.65. The summed E-state index contributed by atoms with van der Waals surface area (Å²) in [6, 6.07) is 4.91. The zero-order chi connectivity index (χ0) is 14.9. The fourth-order valence-electron chi connectivity index (χ4n) is 1.70. The molecule has 0 amide bonds. The van der Waals surface area contributed by atoms with Gasteiger partial charge in [0.15, 0.2) is 17.4 Å². The van der Waals surface area contributed by atoms with Crippen molar-refractivity contribution in [3.63, 3.8) is 0 Å². The second-order valence-corrected chi connectivity index (χ2v) is 4.03. The number of hydrogen-bond acceptors (Lipinski definition) is 3. The van der Waals surface area contributed by atoms with Crippen molar-refractivity contribution in [3.05, 3.63) is 58.9 Å². The number of ether oxygens (including phenoxy) is 1. The van der Waals surface area contributed by atoms with Crippen LogP contribution in [0.4, 0.5) is 18.9 Å². The van der Waals surface area contributed by atoms with Gasteiger partial charge in [0, 0.05) is 11.6 Å². The first-order chi connectivity index (χ1) is 9.43. The molecule has 20 heavy (non-hydrogen) atoms. The number of ketones is 1. The van der Waals surface area contributed by atoms with E-state index in [0.29, 0.717) is 17.8 Å². The van der Waals surface area contributed by atoms with Gasteiger partial charge in [0.2, 0.25) is 0 Å². The number of benzene rings is 2. The van der Waals surface area contributed by atoms with E-state index in [9.17, 15) is 18.0 Å². The molecule has 0 aliphatic heterocycles. The van der Waals surface area contributed by atoms with Gasteiger partial charge < -0.3 is 10.5 Å². The van der Waals surface area contributed by atoms with Crippen molar-refractivity contribution >= 4 is 11.5 Å². The van der Waals surface area contributed by atoms with E-state index in [-0.39, 0.29) is 11.3 Å². The Morgan fingerprint density at radius 2 is 1.70 bits per heavy atom. The molecule has 0 bridgehead atoms. The Morgan fingerprint density at radius 1 is 1.05 bits per heavy atom. The summed E-state index contributed by atoms with van der Waals surface area (Å²) in [6.07, 6.45) is 0. The summed E-state index contributed by atoms with van der Waals surface area (Å²) in [5.41, 5.74) is 5.39. The number of carbonyl (C=O) groups is 1. The number of nitrogens with two attached hydrogens (primary N) is 1. The second-order valence-electron chi connectivity index (χ2n) is 4.03. The van der Waals surface area contributed by atoms with Gasteiger partial charge in [-0.15, -0.1) is 0 Å². The van der Waals surface area contributed by atoms with Crippen LogP contribution in [-0.2, 0) is 0 Å². The lowest BCUT2D eigenvalue weighted by molar-refractivity contribution is 0.103. The third-order valence-electron chi connectivity index (χ3n) is 2.75. The van der Waals surface area contributed by atoms with Crippen LogP contribution in [0.5, 0.6) is 5.75 Å². The molecule has 0 aliphatic carbocycles. The van der Waals surface area contributed by atoms with Gasteiger partial charge in [0.1, 0.15) is 11.6 Å². The molecule has 2 aromatic carbocycles. The Bertz CT molecular complexity index is 686. The fraction of sp³-hybridized carbons (Fsp3) is 0.0714. The molecule has 2 rings (SSSR count). The van der Waals surface area contributed by atoms with E-state index in [0.717, 1.165) is 0 Å². The molecular weight excluding hydrogens is 271 g/mol. The number of rotatable bonds is 3. The van der Waals surface area contributed by atoms with Crippen LogP contribution < -0.4 is 10.5 Å². The van der Waals surface area contributed by atoms with Gasteiger partial charge in [0.05, 0.1) is 18.4 Å². The van der Waals surface area contributed by atoms with E-state index < -0.39 is 28.8 Å². The van der Waals surface area contributed by atoms with Crippen LogP contribution in [0, 0.1) is 17.5 Å². The summed E-state index contributed by atoms with van der Waals surface area (Å²) >= 11 is 0. The highest BCUT2D eigenvalue weighted by Gasteiger charge is 2.18. The van der Waals surface area contributed by atoms with Crippen molar-refractivity contribution in [2.45, 2.75) is 0 Å². The standard InChI is InChI=1S/C14H10F3NO2/c1-20-13-4-7(2-3-12(13)18)14(19)8-5-10(16)11(17)6-9(8)15/h2-6H,18H2,1H3. The SMILES string of the molecule is COc1cc(C(=O)c2cc(F)c(F)cc2F)ccc1N. The molecule has 0 spiro atoms. The van der Waals surface area contributed by atoms with Gasteiger partial charge in [-0.25, -0.2) is 13.2 Å². The van der Waals surface area contributed by atoms with E-state index in [4.69, 9.17) is 10.5 Å². The Hall–Kier alpha value is -2.50. The minimum Gasteiger partial charge on any atom is -0.495 e. The molecule has 0 unspecified atom stereocenters. The highest BCUT2D eigenvalue weighted by molar-refractivity contribution is 6.09. The van der Waals surface area contributed by atoms with Crippen LogP contribution >= 0.6 is 0 Å². The molecule has 2 aromatic rings. The highest BCUT2D eigenvalue weighted by Crippen LogP contribution is 2.25. The Morgan fingerprint density at radius 3 is 2.35 bits per heavy atom. The maximum Gasteiger partial charge on any atom is 0.196 e. The minimum atomic E-state index is -1.35. The summed E-state index contributed by atoms with van der Waals surface area (Å²) in [6.45, 7) is 0. The Labute approximate surface area is 112 Å². The zero-order valence-electron chi connectivity index (χ0n) is 10.4. The maximum atomic E-state index is 13.5. The van der Waals surface area contributed by atoms with E-state index in [2.05, 4.69) is 0 Å². The van der Waals surface area contributed by atoms with Crippen molar-refractivity contribution in [1.82, 2.24) is 0 Å².